The average molecular weight is 196 g/mol. The van der Waals surface area contributed by atoms with Crippen LogP contribution in [0.25, 0.3) is 0 Å². The summed E-state index contributed by atoms with van der Waals surface area (Å²) in [7, 11) is 0. The van der Waals surface area contributed by atoms with Crippen molar-refractivity contribution in [2.24, 2.45) is 0 Å². The lowest BCUT2D eigenvalue weighted by Crippen LogP contribution is -2.36. The minimum absolute atomic E-state index is 0.426. The number of thiazole rings is 1. The highest BCUT2D eigenvalue weighted by Gasteiger charge is 2.20. The molecule has 0 aliphatic heterocycles. The first-order valence-electron chi connectivity index (χ1n) is 4.94. The number of nitrogens with zero attached hydrogens (tertiary/aromatic N) is 1. The van der Waals surface area contributed by atoms with Crippen molar-refractivity contribution in [1.29, 1.82) is 0 Å². The van der Waals surface area contributed by atoms with Crippen molar-refractivity contribution in [2.75, 3.05) is 0 Å². The molecule has 2 rings (SSSR count). The minimum atomic E-state index is 0.426. The number of nitrogens with one attached hydrogen (secondary N) is 1. The van der Waals surface area contributed by atoms with Crippen LogP contribution in [0.2, 0.25) is 0 Å². The Morgan fingerprint density at radius 3 is 2.85 bits per heavy atom. The molecule has 1 fully saturated rings. The first-order chi connectivity index (χ1) is 6.25. The summed E-state index contributed by atoms with van der Waals surface area (Å²) in [6, 6.07) is 1.17. The molecule has 72 valence electrons. The van der Waals surface area contributed by atoms with Gasteiger partial charge in [-0.25, -0.2) is 4.98 Å². The van der Waals surface area contributed by atoms with E-state index in [-0.39, 0.29) is 0 Å². The summed E-state index contributed by atoms with van der Waals surface area (Å²) in [4.78, 5) is 4.48. The van der Waals surface area contributed by atoms with Crippen molar-refractivity contribution in [2.45, 2.75) is 45.2 Å². The van der Waals surface area contributed by atoms with Gasteiger partial charge >= 0.3 is 0 Å². The van der Waals surface area contributed by atoms with Gasteiger partial charge in [0.1, 0.15) is 0 Å². The van der Waals surface area contributed by atoms with Crippen LogP contribution in [0.1, 0.15) is 42.9 Å². The van der Waals surface area contributed by atoms with E-state index in [1.165, 1.54) is 25.0 Å². The molecule has 0 spiro atoms. The van der Waals surface area contributed by atoms with Gasteiger partial charge in [0.05, 0.1) is 10.7 Å². The molecule has 0 saturated heterocycles. The van der Waals surface area contributed by atoms with Gasteiger partial charge in [-0.05, 0) is 26.7 Å². The zero-order valence-electron chi connectivity index (χ0n) is 8.21. The molecule has 1 atom stereocenters. The molecule has 0 radical (unpaired) electrons. The van der Waals surface area contributed by atoms with Crippen LogP contribution in [0.5, 0.6) is 0 Å². The van der Waals surface area contributed by atoms with Crippen molar-refractivity contribution in [1.82, 2.24) is 10.3 Å². The van der Waals surface area contributed by atoms with Crippen LogP contribution in [-0.2, 0) is 0 Å². The Labute approximate surface area is 83.4 Å². The Balaban J connectivity index is 1.92. The third-order valence-electron chi connectivity index (χ3n) is 2.67. The molecule has 1 N–H and O–H groups in total. The highest BCUT2D eigenvalue weighted by molar-refractivity contribution is 7.09. The number of hydrogen-bond donors (Lipinski definition) is 1. The Kier molecular flexibility index (Phi) is 2.65. The van der Waals surface area contributed by atoms with Gasteiger partial charge in [0.25, 0.3) is 0 Å². The van der Waals surface area contributed by atoms with E-state index in [0.29, 0.717) is 6.04 Å². The number of aromatic nitrogens is 1. The maximum absolute atomic E-state index is 4.48. The van der Waals surface area contributed by atoms with E-state index in [2.05, 4.69) is 29.5 Å². The predicted octanol–water partition coefficient (Wildman–Crippen LogP) is 2.65. The van der Waals surface area contributed by atoms with Crippen molar-refractivity contribution in [3.05, 3.63) is 16.1 Å². The molecule has 0 amide bonds. The smallest absolute Gasteiger partial charge is 0.0898 e. The average Bonchev–Trinajstić information content (AvgIpc) is 2.44. The molecular formula is C10H16N2S. The molecule has 1 aliphatic rings. The summed E-state index contributed by atoms with van der Waals surface area (Å²) in [5.41, 5.74) is 1.20. The number of aryl methyl sites for hydroxylation is 1. The quantitative estimate of drug-likeness (QED) is 0.804. The molecule has 3 heteroatoms. The first-order valence-corrected chi connectivity index (χ1v) is 5.82. The van der Waals surface area contributed by atoms with Crippen LogP contribution in [-0.4, -0.2) is 11.0 Å². The van der Waals surface area contributed by atoms with E-state index in [1.807, 2.05) is 0 Å². The molecule has 1 aromatic heterocycles. The molecule has 1 saturated carbocycles. The van der Waals surface area contributed by atoms with Gasteiger partial charge in [0.15, 0.2) is 0 Å². The highest BCUT2D eigenvalue weighted by Crippen LogP contribution is 2.23. The number of rotatable bonds is 3. The molecule has 1 heterocycles. The van der Waals surface area contributed by atoms with Crippen LogP contribution < -0.4 is 5.32 Å². The lowest BCUT2D eigenvalue weighted by Gasteiger charge is -2.29. The molecular weight excluding hydrogens is 180 g/mol. The van der Waals surface area contributed by atoms with Gasteiger partial charge in [-0.15, -0.1) is 11.3 Å². The monoisotopic (exact) mass is 196 g/mol. The summed E-state index contributed by atoms with van der Waals surface area (Å²) in [6.07, 6.45) is 4.07. The maximum atomic E-state index is 4.48. The van der Waals surface area contributed by atoms with E-state index >= 15 is 0 Å². The maximum Gasteiger partial charge on any atom is 0.0898 e. The molecule has 1 aromatic rings. The van der Waals surface area contributed by atoms with Gasteiger partial charge in [0, 0.05) is 17.5 Å². The van der Waals surface area contributed by atoms with Crippen LogP contribution in [0.15, 0.2) is 5.38 Å². The van der Waals surface area contributed by atoms with Gasteiger partial charge in [0.2, 0.25) is 0 Å². The largest absolute Gasteiger partial charge is 0.306 e. The Hall–Kier alpha value is -0.410. The van der Waals surface area contributed by atoms with E-state index in [0.717, 1.165) is 11.0 Å². The van der Waals surface area contributed by atoms with Crippen molar-refractivity contribution >= 4 is 11.3 Å². The van der Waals surface area contributed by atoms with Crippen molar-refractivity contribution in [3.8, 4) is 0 Å². The topological polar surface area (TPSA) is 24.9 Å². The van der Waals surface area contributed by atoms with Gasteiger partial charge in [-0.3, -0.25) is 0 Å². The number of hydrogen-bond acceptors (Lipinski definition) is 3. The van der Waals surface area contributed by atoms with E-state index in [1.54, 1.807) is 11.3 Å². The normalized spacial score (nSPS) is 19.8. The summed E-state index contributed by atoms with van der Waals surface area (Å²) in [5, 5.41) is 6.91. The Morgan fingerprint density at radius 2 is 2.38 bits per heavy atom. The van der Waals surface area contributed by atoms with Gasteiger partial charge in [-0.2, -0.15) is 0 Å². The summed E-state index contributed by atoms with van der Waals surface area (Å²) >= 11 is 1.73. The fraction of sp³-hybridized carbons (Fsp3) is 0.700. The fourth-order valence-corrected chi connectivity index (χ4v) is 2.30. The van der Waals surface area contributed by atoms with E-state index in [4.69, 9.17) is 0 Å². The fourth-order valence-electron chi connectivity index (χ4n) is 1.59. The Bertz CT molecular complexity index is 278. The molecule has 0 aromatic carbocycles. The third-order valence-corrected chi connectivity index (χ3v) is 3.46. The molecule has 2 nitrogen and oxygen atoms in total. The molecule has 1 unspecified atom stereocenters. The molecule has 0 bridgehead atoms. The second-order valence-corrected chi connectivity index (χ2v) is 4.87. The zero-order valence-corrected chi connectivity index (χ0v) is 9.03. The van der Waals surface area contributed by atoms with Crippen LogP contribution in [0.3, 0.4) is 0 Å². The van der Waals surface area contributed by atoms with E-state index in [9.17, 15) is 0 Å². The zero-order chi connectivity index (χ0) is 9.26. The minimum Gasteiger partial charge on any atom is -0.306 e. The summed E-state index contributed by atoms with van der Waals surface area (Å²) < 4.78 is 0. The van der Waals surface area contributed by atoms with Gasteiger partial charge < -0.3 is 5.32 Å². The standard InChI is InChI=1S/C10H16N2S/c1-7(11-9-4-3-5-9)10-6-13-8(2)12-10/h6-7,9,11H,3-5H2,1-2H3. The Morgan fingerprint density at radius 1 is 1.62 bits per heavy atom. The molecule has 1 aliphatic carbocycles. The van der Waals surface area contributed by atoms with Crippen molar-refractivity contribution in [3.63, 3.8) is 0 Å². The van der Waals surface area contributed by atoms with E-state index < -0.39 is 0 Å². The second-order valence-electron chi connectivity index (χ2n) is 3.81. The lowest BCUT2D eigenvalue weighted by atomic mass is 9.92. The highest BCUT2D eigenvalue weighted by atomic mass is 32.1. The van der Waals surface area contributed by atoms with Crippen LogP contribution in [0, 0.1) is 6.92 Å². The van der Waals surface area contributed by atoms with Gasteiger partial charge in [-0.1, -0.05) is 6.42 Å². The second kappa shape index (κ2) is 3.76. The summed E-state index contributed by atoms with van der Waals surface area (Å²) in [5.74, 6) is 0. The first kappa shape index (κ1) is 9.16. The molecule has 13 heavy (non-hydrogen) atoms. The SMILES string of the molecule is Cc1nc(C(C)NC2CCC2)cs1. The third kappa shape index (κ3) is 2.09. The summed E-state index contributed by atoms with van der Waals surface area (Å²) in [6.45, 7) is 4.26. The lowest BCUT2D eigenvalue weighted by molar-refractivity contribution is 0.311. The van der Waals surface area contributed by atoms with Crippen LogP contribution in [0.4, 0.5) is 0 Å². The van der Waals surface area contributed by atoms with Crippen LogP contribution >= 0.6 is 11.3 Å². The van der Waals surface area contributed by atoms with Crippen molar-refractivity contribution < 1.29 is 0 Å². The predicted molar refractivity (Wildman–Crippen MR) is 56.0 cm³/mol.